The van der Waals surface area contributed by atoms with E-state index in [1.54, 1.807) is 4.90 Å². The number of carbonyl (C=O) groups excluding carboxylic acids is 1. The van der Waals surface area contributed by atoms with Gasteiger partial charge in [0, 0.05) is 12.6 Å². The van der Waals surface area contributed by atoms with Crippen LogP contribution in [0.25, 0.3) is 11.1 Å². The van der Waals surface area contributed by atoms with Gasteiger partial charge in [-0.1, -0.05) is 54.2 Å². The summed E-state index contributed by atoms with van der Waals surface area (Å²) < 4.78 is 29.5. The molecule has 8 heteroatoms. The maximum absolute atomic E-state index is 13.0. The first kappa shape index (κ1) is 19.0. The summed E-state index contributed by atoms with van der Waals surface area (Å²) in [5.41, 5.74) is 2.41. The normalized spacial score (nSPS) is 18.4. The molecule has 0 saturated carbocycles. The third-order valence-electron chi connectivity index (χ3n) is 4.76. The van der Waals surface area contributed by atoms with Crippen LogP contribution in [0.1, 0.15) is 12.0 Å². The van der Waals surface area contributed by atoms with E-state index in [9.17, 15) is 13.2 Å². The Morgan fingerprint density at radius 2 is 1.89 bits per heavy atom. The zero-order valence-electron chi connectivity index (χ0n) is 15.2. The predicted molar refractivity (Wildman–Crippen MR) is 109 cm³/mol. The van der Waals surface area contributed by atoms with E-state index in [4.69, 9.17) is 4.42 Å². The van der Waals surface area contributed by atoms with E-state index in [0.29, 0.717) is 23.8 Å². The average molecular weight is 417 g/mol. The van der Waals surface area contributed by atoms with Gasteiger partial charge in [-0.2, -0.15) is 0 Å². The monoisotopic (exact) mass is 416 g/mol. The molecule has 2 heterocycles. The van der Waals surface area contributed by atoms with Crippen molar-refractivity contribution in [1.29, 1.82) is 0 Å². The van der Waals surface area contributed by atoms with E-state index < -0.39 is 9.84 Å². The molecule has 0 spiro atoms. The van der Waals surface area contributed by atoms with E-state index in [-0.39, 0.29) is 29.2 Å². The van der Waals surface area contributed by atoms with Gasteiger partial charge in [0.15, 0.2) is 15.4 Å². The Morgan fingerprint density at radius 3 is 2.61 bits per heavy atom. The molecule has 146 valence electrons. The Balaban J connectivity index is 1.49. The molecule has 0 bridgehead atoms. The van der Waals surface area contributed by atoms with Gasteiger partial charge in [-0.3, -0.25) is 4.79 Å². The number of oxazole rings is 1. The van der Waals surface area contributed by atoms with Crippen LogP contribution in [0.2, 0.25) is 0 Å². The topological polar surface area (TPSA) is 80.5 Å². The summed E-state index contributed by atoms with van der Waals surface area (Å²) in [4.78, 5) is 19.0. The van der Waals surface area contributed by atoms with Crippen LogP contribution in [-0.4, -0.2) is 47.5 Å². The van der Waals surface area contributed by atoms with Gasteiger partial charge in [-0.15, -0.1) is 0 Å². The highest BCUT2D eigenvalue weighted by atomic mass is 32.2. The molecule has 28 heavy (non-hydrogen) atoms. The van der Waals surface area contributed by atoms with Crippen molar-refractivity contribution in [3.8, 4) is 0 Å². The van der Waals surface area contributed by atoms with Crippen molar-refractivity contribution < 1.29 is 17.6 Å². The number of fused-ring (bicyclic) bond motifs is 1. The molecule has 0 unspecified atom stereocenters. The predicted octanol–water partition coefficient (Wildman–Crippen LogP) is 3.14. The molecule has 1 fully saturated rings. The molecule has 0 aliphatic carbocycles. The van der Waals surface area contributed by atoms with Crippen molar-refractivity contribution in [2.45, 2.75) is 24.2 Å². The van der Waals surface area contributed by atoms with Crippen LogP contribution in [-0.2, 0) is 21.2 Å². The molecule has 1 aliphatic heterocycles. The summed E-state index contributed by atoms with van der Waals surface area (Å²) in [7, 11) is -3.08. The summed E-state index contributed by atoms with van der Waals surface area (Å²) in [5, 5.41) is 0.438. The molecule has 1 saturated heterocycles. The number of hydrogen-bond acceptors (Lipinski definition) is 6. The molecule has 6 nitrogen and oxygen atoms in total. The van der Waals surface area contributed by atoms with Gasteiger partial charge in [-0.05, 0) is 24.1 Å². The summed E-state index contributed by atoms with van der Waals surface area (Å²) in [6, 6.07) is 16.8. The molecule has 3 aromatic rings. The fourth-order valence-corrected chi connectivity index (χ4v) is 5.80. The summed E-state index contributed by atoms with van der Waals surface area (Å²) in [6.45, 7) is 0.397. The van der Waals surface area contributed by atoms with Crippen molar-refractivity contribution in [2.75, 3.05) is 17.3 Å². The maximum atomic E-state index is 13.0. The van der Waals surface area contributed by atoms with Gasteiger partial charge in [0.05, 0.1) is 17.3 Å². The standard InChI is InChI=1S/C20H20N2O4S2/c23-19(13-27-20-21-17-8-4-5-9-18(17)26-20)22(12-15-6-2-1-3-7-15)16-10-11-28(24,25)14-16/h1-9,16H,10-14H2/t16-/m0/s1. The molecular formula is C20H20N2O4S2. The highest BCUT2D eigenvalue weighted by molar-refractivity contribution is 7.99. The average Bonchev–Trinajstić information content (AvgIpc) is 3.27. The summed E-state index contributed by atoms with van der Waals surface area (Å²) in [5.74, 6) is 0.197. The molecular weight excluding hydrogens is 396 g/mol. The van der Waals surface area contributed by atoms with Crippen molar-refractivity contribution in [3.05, 3.63) is 60.2 Å². The lowest BCUT2D eigenvalue weighted by Gasteiger charge is -2.28. The molecule has 0 N–H and O–H groups in total. The molecule has 1 atom stereocenters. The molecule has 4 rings (SSSR count). The number of carbonyl (C=O) groups is 1. The fraction of sp³-hybridized carbons (Fsp3) is 0.300. The van der Waals surface area contributed by atoms with E-state index in [0.717, 1.165) is 11.1 Å². The van der Waals surface area contributed by atoms with Crippen LogP contribution in [0.3, 0.4) is 0 Å². The second-order valence-corrected chi connectivity index (χ2v) is 9.96. The largest absolute Gasteiger partial charge is 0.431 e. The zero-order valence-corrected chi connectivity index (χ0v) is 16.8. The van der Waals surface area contributed by atoms with E-state index in [2.05, 4.69) is 4.98 Å². The maximum Gasteiger partial charge on any atom is 0.257 e. The highest BCUT2D eigenvalue weighted by Gasteiger charge is 2.34. The smallest absolute Gasteiger partial charge is 0.257 e. The van der Waals surface area contributed by atoms with Crippen LogP contribution in [0.15, 0.2) is 64.2 Å². The van der Waals surface area contributed by atoms with Crippen LogP contribution < -0.4 is 0 Å². The Morgan fingerprint density at radius 1 is 1.14 bits per heavy atom. The van der Waals surface area contributed by atoms with Crippen LogP contribution in [0.4, 0.5) is 0 Å². The molecule has 1 aliphatic rings. The molecule has 1 aromatic heterocycles. The van der Waals surface area contributed by atoms with Gasteiger partial charge in [-0.25, -0.2) is 13.4 Å². The number of nitrogens with zero attached hydrogens (tertiary/aromatic N) is 2. The number of sulfone groups is 1. The Labute approximate surface area is 167 Å². The minimum atomic E-state index is -3.08. The zero-order chi connectivity index (χ0) is 19.6. The Hall–Kier alpha value is -2.32. The second kappa shape index (κ2) is 7.97. The third kappa shape index (κ3) is 4.39. The van der Waals surface area contributed by atoms with Crippen molar-refractivity contribution >= 4 is 38.6 Å². The number of benzene rings is 2. The van der Waals surface area contributed by atoms with Gasteiger partial charge >= 0.3 is 0 Å². The highest BCUT2D eigenvalue weighted by Crippen LogP contribution is 2.25. The second-order valence-electron chi connectivity index (χ2n) is 6.80. The molecule has 2 aromatic carbocycles. The lowest BCUT2D eigenvalue weighted by atomic mass is 10.1. The Bertz CT molecular complexity index is 1050. The fourth-order valence-electron chi connectivity index (χ4n) is 3.34. The van der Waals surface area contributed by atoms with Gasteiger partial charge in [0.25, 0.3) is 5.22 Å². The van der Waals surface area contributed by atoms with Crippen LogP contribution in [0, 0.1) is 0 Å². The minimum absolute atomic E-state index is 0.0269. The van der Waals surface area contributed by atoms with Gasteiger partial charge < -0.3 is 9.32 Å². The third-order valence-corrected chi connectivity index (χ3v) is 7.32. The van der Waals surface area contributed by atoms with Crippen LogP contribution in [0.5, 0.6) is 0 Å². The lowest BCUT2D eigenvalue weighted by Crippen LogP contribution is -2.41. The van der Waals surface area contributed by atoms with Crippen LogP contribution >= 0.6 is 11.8 Å². The number of para-hydroxylation sites is 2. The lowest BCUT2D eigenvalue weighted by molar-refractivity contribution is -0.130. The summed E-state index contributed by atoms with van der Waals surface area (Å²) in [6.07, 6.45) is 0.481. The molecule has 1 amide bonds. The van der Waals surface area contributed by atoms with E-state index in [1.807, 2.05) is 54.6 Å². The first-order valence-electron chi connectivity index (χ1n) is 9.02. The first-order valence-corrected chi connectivity index (χ1v) is 11.8. The molecule has 0 radical (unpaired) electrons. The van der Waals surface area contributed by atoms with Crippen molar-refractivity contribution in [1.82, 2.24) is 9.88 Å². The van der Waals surface area contributed by atoms with E-state index in [1.165, 1.54) is 11.8 Å². The number of aromatic nitrogens is 1. The summed E-state index contributed by atoms with van der Waals surface area (Å²) >= 11 is 1.23. The minimum Gasteiger partial charge on any atom is -0.431 e. The van der Waals surface area contributed by atoms with E-state index >= 15 is 0 Å². The number of amides is 1. The number of thioether (sulfide) groups is 1. The quantitative estimate of drug-likeness (QED) is 0.575. The van der Waals surface area contributed by atoms with Crippen molar-refractivity contribution in [3.63, 3.8) is 0 Å². The van der Waals surface area contributed by atoms with Crippen molar-refractivity contribution in [2.24, 2.45) is 0 Å². The van der Waals surface area contributed by atoms with Gasteiger partial charge in [0.1, 0.15) is 5.52 Å². The Kier molecular flexibility index (Phi) is 5.41. The first-order chi connectivity index (χ1) is 13.5. The SMILES string of the molecule is O=C(CSc1nc2ccccc2o1)N(Cc1ccccc1)[C@H]1CCS(=O)(=O)C1. The number of rotatable bonds is 6. The number of hydrogen-bond donors (Lipinski definition) is 0. The van der Waals surface area contributed by atoms with Gasteiger partial charge in [0.2, 0.25) is 5.91 Å².